The van der Waals surface area contributed by atoms with E-state index >= 15 is 0 Å². The lowest BCUT2D eigenvalue weighted by Gasteiger charge is -2.17. The minimum Gasteiger partial charge on any atom is -0.455 e. The Balaban J connectivity index is 1.18. The summed E-state index contributed by atoms with van der Waals surface area (Å²) in [6, 6.07) is 60.1. The molecule has 0 amide bonds. The van der Waals surface area contributed by atoms with Crippen molar-refractivity contribution in [3.63, 3.8) is 0 Å². The van der Waals surface area contributed by atoms with Crippen molar-refractivity contribution in [1.82, 2.24) is 19.9 Å². The van der Waals surface area contributed by atoms with E-state index in [-0.39, 0.29) is 0 Å². The van der Waals surface area contributed by atoms with Crippen LogP contribution in [-0.4, -0.2) is 19.9 Å². The van der Waals surface area contributed by atoms with E-state index in [0.29, 0.717) is 0 Å². The normalized spacial score (nSPS) is 11.3. The fourth-order valence-electron chi connectivity index (χ4n) is 8.45. The van der Waals surface area contributed by atoms with Gasteiger partial charge in [0, 0.05) is 93.7 Å². The molecule has 286 valence electrons. The number of aromatic nitrogens is 4. The van der Waals surface area contributed by atoms with E-state index in [1.807, 2.05) is 79.9 Å². The number of nitrogens with zero attached hydrogens (tertiary/aromatic N) is 4. The highest BCUT2D eigenvalue weighted by Crippen LogP contribution is 2.45. The van der Waals surface area contributed by atoms with Crippen LogP contribution in [0.1, 0.15) is 0 Å². The van der Waals surface area contributed by atoms with Crippen LogP contribution in [0, 0.1) is 0 Å². The van der Waals surface area contributed by atoms with Gasteiger partial charge in [-0.15, -0.1) is 0 Å². The minimum absolute atomic E-state index is 0.850. The third-order valence-electron chi connectivity index (χ3n) is 11.4. The standard InChI is InChI=1S/C56H36N4O/c1-2-10-37(11-3-1)49-16-4-18-52-53-19-5-17-51(56(53)61-55(49)52)50-21-20-38(43-26-44(39-12-6-22-57-33-39)28-45(27-43)40-13-7-23-58-34-40)32-54(50)48-30-46(41-14-8-24-59-35-41)29-47(31-48)42-15-9-25-60-36-42/h1-36H. The van der Waals surface area contributed by atoms with E-state index in [4.69, 9.17) is 4.42 Å². The number of pyridine rings is 4. The summed E-state index contributed by atoms with van der Waals surface area (Å²) < 4.78 is 7.02. The van der Waals surface area contributed by atoms with Crippen LogP contribution in [0.15, 0.2) is 224 Å². The number of para-hydroxylation sites is 2. The molecular weight excluding hydrogens is 745 g/mol. The molecule has 0 saturated heterocycles. The Bertz CT molecular complexity index is 3220. The maximum absolute atomic E-state index is 7.02. The Morgan fingerprint density at radius 1 is 0.246 bits per heavy atom. The highest BCUT2D eigenvalue weighted by molar-refractivity contribution is 6.14. The smallest absolute Gasteiger partial charge is 0.143 e. The Labute approximate surface area is 353 Å². The zero-order valence-corrected chi connectivity index (χ0v) is 33.0. The molecule has 5 nitrogen and oxygen atoms in total. The number of furan rings is 1. The van der Waals surface area contributed by atoms with Crippen molar-refractivity contribution in [2.75, 3.05) is 0 Å². The van der Waals surface area contributed by atoms with Gasteiger partial charge in [0.05, 0.1) is 0 Å². The van der Waals surface area contributed by atoms with Crippen LogP contribution in [0.4, 0.5) is 0 Å². The van der Waals surface area contributed by atoms with Crippen LogP contribution in [-0.2, 0) is 0 Å². The molecule has 0 aliphatic rings. The van der Waals surface area contributed by atoms with E-state index in [9.17, 15) is 0 Å². The monoisotopic (exact) mass is 780 g/mol. The van der Waals surface area contributed by atoms with Crippen molar-refractivity contribution in [1.29, 1.82) is 0 Å². The average Bonchev–Trinajstić information content (AvgIpc) is 3.74. The van der Waals surface area contributed by atoms with Gasteiger partial charge in [-0.05, 0) is 122 Å². The lowest BCUT2D eigenvalue weighted by Crippen LogP contribution is -1.92. The van der Waals surface area contributed by atoms with Gasteiger partial charge in [0.2, 0.25) is 0 Å². The summed E-state index contributed by atoms with van der Waals surface area (Å²) in [5, 5.41) is 2.16. The summed E-state index contributed by atoms with van der Waals surface area (Å²) in [5.74, 6) is 0. The molecule has 0 unspecified atom stereocenters. The number of benzene rings is 6. The lowest BCUT2D eigenvalue weighted by atomic mass is 9.87. The van der Waals surface area contributed by atoms with Crippen LogP contribution in [0.5, 0.6) is 0 Å². The van der Waals surface area contributed by atoms with Gasteiger partial charge in [-0.25, -0.2) is 0 Å². The highest BCUT2D eigenvalue weighted by Gasteiger charge is 2.20. The molecule has 0 aliphatic carbocycles. The molecule has 11 aromatic rings. The van der Waals surface area contributed by atoms with E-state index in [0.717, 1.165) is 111 Å². The Hall–Kier alpha value is -8.28. The van der Waals surface area contributed by atoms with E-state index in [1.54, 1.807) is 0 Å². The molecule has 61 heavy (non-hydrogen) atoms. The summed E-state index contributed by atoms with van der Waals surface area (Å²) >= 11 is 0. The quantitative estimate of drug-likeness (QED) is 0.154. The van der Waals surface area contributed by atoms with Gasteiger partial charge in [-0.2, -0.15) is 0 Å². The van der Waals surface area contributed by atoms with Gasteiger partial charge in [-0.3, -0.25) is 19.9 Å². The molecule has 0 fully saturated rings. The second-order valence-corrected chi connectivity index (χ2v) is 15.2. The highest BCUT2D eigenvalue weighted by atomic mass is 16.3. The summed E-state index contributed by atoms with van der Waals surface area (Å²) in [4.78, 5) is 17.9. The Morgan fingerprint density at radius 2 is 0.672 bits per heavy atom. The summed E-state index contributed by atoms with van der Waals surface area (Å²) in [6.07, 6.45) is 14.9. The molecule has 0 aliphatic heterocycles. The SMILES string of the molecule is c1ccc(-c2cccc3c2oc2c(-c4ccc(-c5cc(-c6cccnc6)cc(-c6cccnc6)c5)cc4-c4cc(-c5cccnc5)cc(-c5cccnc5)c4)cccc23)cc1. The molecule has 11 rings (SSSR count). The van der Waals surface area contributed by atoms with Crippen molar-refractivity contribution in [2.24, 2.45) is 0 Å². The van der Waals surface area contributed by atoms with E-state index in [2.05, 4.69) is 159 Å². The van der Waals surface area contributed by atoms with Gasteiger partial charge in [-0.1, -0.05) is 103 Å². The topological polar surface area (TPSA) is 64.7 Å². The zero-order valence-electron chi connectivity index (χ0n) is 33.0. The first-order valence-corrected chi connectivity index (χ1v) is 20.3. The summed E-state index contributed by atoms with van der Waals surface area (Å²) in [6.45, 7) is 0. The van der Waals surface area contributed by atoms with Crippen LogP contribution in [0.2, 0.25) is 0 Å². The first-order valence-electron chi connectivity index (χ1n) is 20.3. The van der Waals surface area contributed by atoms with E-state index in [1.165, 1.54) is 0 Å². The maximum atomic E-state index is 7.02. The largest absolute Gasteiger partial charge is 0.455 e. The Kier molecular flexibility index (Phi) is 9.10. The van der Waals surface area contributed by atoms with Gasteiger partial charge >= 0.3 is 0 Å². The second-order valence-electron chi connectivity index (χ2n) is 15.2. The average molecular weight is 781 g/mol. The first-order chi connectivity index (χ1) is 30.2. The molecule has 5 heterocycles. The molecule has 0 radical (unpaired) electrons. The second kappa shape index (κ2) is 15.5. The molecule has 0 saturated carbocycles. The van der Waals surface area contributed by atoms with E-state index < -0.39 is 0 Å². The molecular formula is C56H36N4O. The van der Waals surface area contributed by atoms with Crippen molar-refractivity contribution in [2.45, 2.75) is 0 Å². The maximum Gasteiger partial charge on any atom is 0.143 e. The molecule has 6 aromatic carbocycles. The molecule has 0 bridgehead atoms. The zero-order chi connectivity index (χ0) is 40.5. The Morgan fingerprint density at radius 3 is 1.15 bits per heavy atom. The number of rotatable bonds is 8. The van der Waals surface area contributed by atoms with Gasteiger partial charge in [0.1, 0.15) is 11.2 Å². The summed E-state index contributed by atoms with van der Waals surface area (Å²) in [5.41, 5.74) is 18.7. The molecule has 5 heteroatoms. The van der Waals surface area contributed by atoms with Crippen molar-refractivity contribution in [3.8, 4) is 89.0 Å². The van der Waals surface area contributed by atoms with Crippen molar-refractivity contribution < 1.29 is 4.42 Å². The van der Waals surface area contributed by atoms with Crippen molar-refractivity contribution in [3.05, 3.63) is 219 Å². The fraction of sp³-hybridized carbons (Fsp3) is 0. The number of fused-ring (bicyclic) bond motifs is 3. The molecule has 5 aromatic heterocycles. The molecule has 0 N–H and O–H groups in total. The van der Waals surface area contributed by atoms with Crippen LogP contribution in [0.25, 0.3) is 111 Å². The van der Waals surface area contributed by atoms with Crippen molar-refractivity contribution >= 4 is 21.9 Å². The lowest BCUT2D eigenvalue weighted by molar-refractivity contribution is 0.671. The van der Waals surface area contributed by atoms with Crippen LogP contribution < -0.4 is 0 Å². The predicted molar refractivity (Wildman–Crippen MR) is 248 cm³/mol. The summed E-state index contributed by atoms with van der Waals surface area (Å²) in [7, 11) is 0. The fourth-order valence-corrected chi connectivity index (χ4v) is 8.45. The number of hydrogen-bond acceptors (Lipinski definition) is 5. The molecule has 0 atom stereocenters. The minimum atomic E-state index is 0.850. The molecule has 0 spiro atoms. The third-order valence-corrected chi connectivity index (χ3v) is 11.4. The van der Waals surface area contributed by atoms with Gasteiger partial charge < -0.3 is 4.42 Å². The third kappa shape index (κ3) is 6.84. The van der Waals surface area contributed by atoms with Crippen LogP contribution >= 0.6 is 0 Å². The van der Waals surface area contributed by atoms with Gasteiger partial charge in [0.15, 0.2) is 0 Å². The van der Waals surface area contributed by atoms with Crippen LogP contribution in [0.3, 0.4) is 0 Å². The van der Waals surface area contributed by atoms with Gasteiger partial charge in [0.25, 0.3) is 0 Å². The predicted octanol–water partition coefficient (Wildman–Crippen LogP) is 14.5. The first kappa shape index (κ1) is 35.8. The number of hydrogen-bond donors (Lipinski definition) is 0.